The van der Waals surface area contributed by atoms with E-state index in [1.807, 2.05) is 0 Å². The molecule has 86 valence electrons. The molecule has 1 aromatic rings. The van der Waals surface area contributed by atoms with E-state index in [0.29, 0.717) is 18.8 Å². The van der Waals surface area contributed by atoms with Crippen molar-refractivity contribution < 1.29 is 9.72 Å². The lowest BCUT2D eigenvalue weighted by Crippen LogP contribution is -2.15. The quantitative estimate of drug-likeness (QED) is 0.482. The van der Waals surface area contributed by atoms with Crippen LogP contribution in [-0.4, -0.2) is 23.9 Å². The molecule has 0 saturated heterocycles. The number of benzene rings is 1. The summed E-state index contributed by atoms with van der Waals surface area (Å²) < 4.78 is 0. The van der Waals surface area contributed by atoms with E-state index in [4.69, 9.17) is 11.5 Å². The summed E-state index contributed by atoms with van der Waals surface area (Å²) in [5.74, 6) is -0.700. The molecule has 0 radical (unpaired) electrons. The highest BCUT2D eigenvalue weighted by atomic mass is 16.6. The molecule has 16 heavy (non-hydrogen) atoms. The zero-order chi connectivity index (χ0) is 12.1. The average Bonchev–Trinajstić information content (AvgIpc) is 2.25. The number of rotatable bonds is 5. The maximum atomic E-state index is 10.9. The fourth-order valence-corrected chi connectivity index (χ4v) is 1.19. The summed E-state index contributed by atoms with van der Waals surface area (Å²) in [6.45, 7) is 0.769. The Kier molecular flexibility index (Phi) is 3.78. The molecule has 0 spiro atoms. The SMILES string of the molecule is NCCNc1ccc(C(N)=O)cc1[N+](=O)[O-]. The van der Waals surface area contributed by atoms with Crippen LogP contribution in [0, 0.1) is 10.1 Å². The Morgan fingerprint density at radius 3 is 2.69 bits per heavy atom. The number of hydrogen-bond acceptors (Lipinski definition) is 5. The number of hydrogen-bond donors (Lipinski definition) is 3. The number of nitrogens with two attached hydrogens (primary N) is 2. The molecule has 7 nitrogen and oxygen atoms in total. The maximum Gasteiger partial charge on any atom is 0.293 e. The highest BCUT2D eigenvalue weighted by Gasteiger charge is 2.15. The first-order chi connectivity index (χ1) is 7.56. The van der Waals surface area contributed by atoms with E-state index in [9.17, 15) is 14.9 Å². The first-order valence-corrected chi connectivity index (χ1v) is 4.58. The highest BCUT2D eigenvalue weighted by Crippen LogP contribution is 2.25. The third-order valence-corrected chi connectivity index (χ3v) is 1.94. The van der Waals surface area contributed by atoms with Crippen molar-refractivity contribution in [1.82, 2.24) is 0 Å². The van der Waals surface area contributed by atoms with Gasteiger partial charge in [0.25, 0.3) is 5.69 Å². The molecule has 1 aromatic carbocycles. The Bertz CT molecular complexity index is 419. The number of nitrogens with one attached hydrogen (secondary N) is 1. The second-order valence-electron chi connectivity index (χ2n) is 3.07. The smallest absolute Gasteiger partial charge is 0.293 e. The number of nitro groups is 1. The minimum atomic E-state index is -0.700. The van der Waals surface area contributed by atoms with Gasteiger partial charge in [-0.2, -0.15) is 0 Å². The van der Waals surface area contributed by atoms with Crippen molar-refractivity contribution in [3.05, 3.63) is 33.9 Å². The molecule has 1 amide bonds. The summed E-state index contributed by atoms with van der Waals surface area (Å²) in [6.07, 6.45) is 0. The molecule has 0 heterocycles. The molecule has 0 aliphatic heterocycles. The van der Waals surface area contributed by atoms with Crippen molar-refractivity contribution >= 4 is 17.3 Å². The van der Waals surface area contributed by atoms with Crippen LogP contribution in [0.25, 0.3) is 0 Å². The van der Waals surface area contributed by atoms with E-state index < -0.39 is 10.8 Å². The summed E-state index contributed by atoms with van der Waals surface area (Å²) in [7, 11) is 0. The number of carbonyl (C=O) groups is 1. The number of amides is 1. The average molecular weight is 224 g/mol. The molecule has 0 atom stereocenters. The van der Waals surface area contributed by atoms with Crippen molar-refractivity contribution in [3.63, 3.8) is 0 Å². The molecule has 0 aromatic heterocycles. The zero-order valence-corrected chi connectivity index (χ0v) is 8.47. The van der Waals surface area contributed by atoms with Crippen LogP contribution >= 0.6 is 0 Å². The lowest BCUT2D eigenvalue weighted by atomic mass is 10.1. The third-order valence-electron chi connectivity index (χ3n) is 1.94. The summed E-state index contributed by atoms with van der Waals surface area (Å²) in [6, 6.07) is 4.00. The van der Waals surface area contributed by atoms with Gasteiger partial charge >= 0.3 is 0 Å². The summed E-state index contributed by atoms with van der Waals surface area (Å²) in [5, 5.41) is 13.5. The van der Waals surface area contributed by atoms with E-state index in [-0.39, 0.29) is 11.3 Å². The van der Waals surface area contributed by atoms with E-state index >= 15 is 0 Å². The standard InChI is InChI=1S/C9H12N4O3/c10-3-4-12-7-2-1-6(9(11)14)5-8(7)13(15)16/h1-2,5,12H,3-4,10H2,(H2,11,14). The minimum absolute atomic E-state index is 0.102. The fraction of sp³-hybridized carbons (Fsp3) is 0.222. The Morgan fingerprint density at radius 1 is 1.50 bits per heavy atom. The van der Waals surface area contributed by atoms with E-state index in [1.54, 1.807) is 0 Å². The normalized spacial score (nSPS) is 9.81. The molecule has 7 heteroatoms. The van der Waals surface area contributed by atoms with Crippen molar-refractivity contribution in [2.75, 3.05) is 18.4 Å². The second-order valence-corrected chi connectivity index (χ2v) is 3.07. The molecule has 1 rings (SSSR count). The monoisotopic (exact) mass is 224 g/mol. The minimum Gasteiger partial charge on any atom is -0.378 e. The van der Waals surface area contributed by atoms with Gasteiger partial charge in [-0.15, -0.1) is 0 Å². The molecule has 0 fully saturated rings. The van der Waals surface area contributed by atoms with E-state index in [1.165, 1.54) is 12.1 Å². The maximum absolute atomic E-state index is 10.9. The van der Waals surface area contributed by atoms with Crippen LogP contribution in [0.15, 0.2) is 18.2 Å². The first kappa shape index (κ1) is 11.9. The Balaban J connectivity index is 3.09. The van der Waals surface area contributed by atoms with Crippen LogP contribution in [0.4, 0.5) is 11.4 Å². The molecular weight excluding hydrogens is 212 g/mol. The lowest BCUT2D eigenvalue weighted by molar-refractivity contribution is -0.384. The fourth-order valence-electron chi connectivity index (χ4n) is 1.19. The highest BCUT2D eigenvalue weighted by molar-refractivity contribution is 5.94. The van der Waals surface area contributed by atoms with Crippen LogP contribution in [-0.2, 0) is 0 Å². The van der Waals surface area contributed by atoms with Crippen LogP contribution in [0.5, 0.6) is 0 Å². The number of nitrogens with zero attached hydrogens (tertiary/aromatic N) is 1. The first-order valence-electron chi connectivity index (χ1n) is 4.58. The lowest BCUT2D eigenvalue weighted by Gasteiger charge is -2.06. The van der Waals surface area contributed by atoms with Crippen molar-refractivity contribution in [3.8, 4) is 0 Å². The second kappa shape index (κ2) is 5.08. The summed E-state index contributed by atoms with van der Waals surface area (Å²) >= 11 is 0. The van der Waals surface area contributed by atoms with Crippen molar-refractivity contribution in [2.45, 2.75) is 0 Å². The number of anilines is 1. The van der Waals surface area contributed by atoms with Crippen LogP contribution < -0.4 is 16.8 Å². The molecule has 0 unspecified atom stereocenters. The molecule has 0 aliphatic rings. The van der Waals surface area contributed by atoms with Crippen molar-refractivity contribution in [1.29, 1.82) is 0 Å². The Labute approximate surface area is 91.6 Å². The summed E-state index contributed by atoms with van der Waals surface area (Å²) in [4.78, 5) is 21.0. The van der Waals surface area contributed by atoms with Crippen molar-refractivity contribution in [2.24, 2.45) is 11.5 Å². The number of carbonyl (C=O) groups excluding carboxylic acids is 1. The van der Waals surface area contributed by atoms with Gasteiger partial charge in [0, 0.05) is 24.7 Å². The van der Waals surface area contributed by atoms with Gasteiger partial charge in [-0.05, 0) is 12.1 Å². The van der Waals surface area contributed by atoms with Gasteiger partial charge in [-0.1, -0.05) is 0 Å². The van der Waals surface area contributed by atoms with Crippen LogP contribution in [0.2, 0.25) is 0 Å². The molecule has 0 aliphatic carbocycles. The summed E-state index contributed by atoms with van der Waals surface area (Å²) in [5.41, 5.74) is 10.5. The van der Waals surface area contributed by atoms with E-state index in [0.717, 1.165) is 6.07 Å². The number of nitro benzene ring substituents is 1. The third kappa shape index (κ3) is 2.67. The zero-order valence-electron chi connectivity index (χ0n) is 8.47. The van der Waals surface area contributed by atoms with Crippen LogP contribution in [0.1, 0.15) is 10.4 Å². The predicted molar refractivity (Wildman–Crippen MR) is 59.2 cm³/mol. The predicted octanol–water partition coefficient (Wildman–Crippen LogP) is 0.0643. The topological polar surface area (TPSA) is 124 Å². The van der Waals surface area contributed by atoms with E-state index in [2.05, 4.69) is 5.32 Å². The largest absolute Gasteiger partial charge is 0.378 e. The van der Waals surface area contributed by atoms with Crippen LogP contribution in [0.3, 0.4) is 0 Å². The number of primary amides is 1. The van der Waals surface area contributed by atoms with Gasteiger partial charge in [0.05, 0.1) is 4.92 Å². The van der Waals surface area contributed by atoms with Gasteiger partial charge in [0.15, 0.2) is 0 Å². The Hall–Kier alpha value is -2.15. The Morgan fingerprint density at radius 2 is 2.19 bits per heavy atom. The molecular formula is C9H12N4O3. The van der Waals surface area contributed by atoms with Gasteiger partial charge in [0.1, 0.15) is 5.69 Å². The van der Waals surface area contributed by atoms with Gasteiger partial charge in [-0.3, -0.25) is 14.9 Å². The van der Waals surface area contributed by atoms with Gasteiger partial charge in [0.2, 0.25) is 5.91 Å². The van der Waals surface area contributed by atoms with Gasteiger partial charge < -0.3 is 16.8 Å². The molecule has 0 saturated carbocycles. The molecule has 5 N–H and O–H groups in total. The molecule has 0 bridgehead atoms. The van der Waals surface area contributed by atoms with Gasteiger partial charge in [-0.25, -0.2) is 0 Å².